The zero-order valence-corrected chi connectivity index (χ0v) is 9.86. The highest BCUT2D eigenvalue weighted by Crippen LogP contribution is 2.16. The third-order valence-electron chi connectivity index (χ3n) is 2.48. The van der Waals surface area contributed by atoms with E-state index in [2.05, 4.69) is 27.5 Å². The van der Waals surface area contributed by atoms with Crippen molar-refractivity contribution in [2.45, 2.75) is 25.3 Å². The van der Waals surface area contributed by atoms with Crippen LogP contribution in [-0.4, -0.2) is 9.97 Å². The van der Waals surface area contributed by atoms with Crippen molar-refractivity contribution in [3.05, 3.63) is 46.7 Å². The molecule has 0 aliphatic heterocycles. The maximum absolute atomic E-state index is 6.04. The molecule has 0 saturated heterocycles. The van der Waals surface area contributed by atoms with Crippen LogP contribution in [0.25, 0.3) is 0 Å². The number of hydrogen-bond acceptors (Lipinski definition) is 4. The van der Waals surface area contributed by atoms with Crippen LogP contribution in [0.3, 0.4) is 0 Å². The number of thiophene rings is 1. The smallest absolute Gasteiger partial charge is 0.0753 e. The maximum Gasteiger partial charge on any atom is 0.0753 e. The monoisotopic (exact) mass is 233 g/mol. The number of nitrogens with two attached hydrogens (primary N) is 1. The second kappa shape index (κ2) is 5.72. The molecule has 2 aromatic heterocycles. The van der Waals surface area contributed by atoms with E-state index in [4.69, 9.17) is 5.73 Å². The number of nitrogens with zero attached hydrogens (tertiary/aromatic N) is 2. The molecule has 1 atom stereocenters. The molecule has 2 heterocycles. The molecular formula is C12H15N3S. The lowest BCUT2D eigenvalue weighted by molar-refractivity contribution is 0.597. The second-order valence-electron chi connectivity index (χ2n) is 3.71. The van der Waals surface area contributed by atoms with Crippen LogP contribution in [0.5, 0.6) is 0 Å². The van der Waals surface area contributed by atoms with Crippen molar-refractivity contribution in [1.29, 1.82) is 0 Å². The molecule has 4 heteroatoms. The van der Waals surface area contributed by atoms with Crippen LogP contribution in [0.15, 0.2) is 36.1 Å². The van der Waals surface area contributed by atoms with E-state index in [1.165, 1.54) is 4.88 Å². The Morgan fingerprint density at radius 3 is 3.00 bits per heavy atom. The average Bonchev–Trinajstić information content (AvgIpc) is 2.83. The molecule has 3 nitrogen and oxygen atoms in total. The van der Waals surface area contributed by atoms with Crippen molar-refractivity contribution in [2.75, 3.05) is 0 Å². The number of aromatic nitrogens is 2. The number of rotatable bonds is 5. The van der Waals surface area contributed by atoms with Gasteiger partial charge in [-0.05, 0) is 30.7 Å². The summed E-state index contributed by atoms with van der Waals surface area (Å²) >= 11 is 1.80. The van der Waals surface area contributed by atoms with Gasteiger partial charge in [0, 0.05) is 29.5 Å². The van der Waals surface area contributed by atoms with Crippen LogP contribution in [0.1, 0.15) is 29.5 Å². The molecule has 0 aliphatic carbocycles. The molecule has 16 heavy (non-hydrogen) atoms. The lowest BCUT2D eigenvalue weighted by Gasteiger charge is -2.09. The Balaban J connectivity index is 1.78. The molecule has 0 aromatic carbocycles. The molecule has 0 amide bonds. The van der Waals surface area contributed by atoms with Crippen LogP contribution in [0.2, 0.25) is 0 Å². The zero-order chi connectivity index (χ0) is 11.2. The molecule has 0 aliphatic rings. The van der Waals surface area contributed by atoms with Crippen molar-refractivity contribution in [3.8, 4) is 0 Å². The van der Waals surface area contributed by atoms with E-state index >= 15 is 0 Å². The fourth-order valence-electron chi connectivity index (χ4n) is 1.60. The van der Waals surface area contributed by atoms with E-state index in [9.17, 15) is 0 Å². The Morgan fingerprint density at radius 1 is 1.38 bits per heavy atom. The predicted octanol–water partition coefficient (Wildman–Crippen LogP) is 2.56. The van der Waals surface area contributed by atoms with Gasteiger partial charge in [0.1, 0.15) is 0 Å². The van der Waals surface area contributed by atoms with Gasteiger partial charge in [0.2, 0.25) is 0 Å². The van der Waals surface area contributed by atoms with Gasteiger partial charge >= 0.3 is 0 Å². The fraction of sp³-hybridized carbons (Fsp3) is 0.333. The SMILES string of the molecule is NC(CCCc1cccs1)c1cnccn1. The standard InChI is InChI=1S/C12H15N3S/c13-11(12-9-14-6-7-15-12)5-1-3-10-4-2-8-16-10/h2,4,6-9,11H,1,3,5,13H2. The minimum absolute atomic E-state index is 0.00802. The van der Waals surface area contributed by atoms with Crippen molar-refractivity contribution in [1.82, 2.24) is 9.97 Å². The van der Waals surface area contributed by atoms with Crippen LogP contribution in [0.4, 0.5) is 0 Å². The van der Waals surface area contributed by atoms with E-state index in [0.29, 0.717) is 0 Å². The molecular weight excluding hydrogens is 218 g/mol. The first kappa shape index (κ1) is 11.2. The summed E-state index contributed by atoms with van der Waals surface area (Å²) in [4.78, 5) is 9.66. The van der Waals surface area contributed by atoms with Crippen molar-refractivity contribution in [2.24, 2.45) is 5.73 Å². The summed E-state index contributed by atoms with van der Waals surface area (Å²) in [5.41, 5.74) is 6.92. The van der Waals surface area contributed by atoms with Gasteiger partial charge in [-0.3, -0.25) is 9.97 Å². The summed E-state index contributed by atoms with van der Waals surface area (Å²) in [7, 11) is 0. The maximum atomic E-state index is 6.04. The highest BCUT2D eigenvalue weighted by molar-refractivity contribution is 7.09. The Labute approximate surface area is 99.4 Å². The Hall–Kier alpha value is -1.26. The van der Waals surface area contributed by atoms with Gasteiger partial charge in [-0.25, -0.2) is 0 Å². The first-order valence-electron chi connectivity index (χ1n) is 5.40. The van der Waals surface area contributed by atoms with Crippen molar-refractivity contribution in [3.63, 3.8) is 0 Å². The Kier molecular flexibility index (Phi) is 4.02. The van der Waals surface area contributed by atoms with E-state index in [1.807, 2.05) is 0 Å². The van der Waals surface area contributed by atoms with Gasteiger partial charge in [-0.15, -0.1) is 11.3 Å². The zero-order valence-electron chi connectivity index (χ0n) is 9.04. The minimum atomic E-state index is 0.00802. The van der Waals surface area contributed by atoms with Crippen LogP contribution >= 0.6 is 11.3 Å². The van der Waals surface area contributed by atoms with Gasteiger partial charge in [0.15, 0.2) is 0 Å². The van der Waals surface area contributed by atoms with E-state index < -0.39 is 0 Å². The molecule has 2 rings (SSSR count). The summed E-state index contributed by atoms with van der Waals surface area (Å²) in [6.07, 6.45) is 8.26. The molecule has 84 valence electrons. The molecule has 0 fully saturated rings. The molecule has 0 spiro atoms. The molecule has 0 saturated carbocycles. The van der Waals surface area contributed by atoms with Gasteiger partial charge in [0.25, 0.3) is 0 Å². The first-order chi connectivity index (χ1) is 7.86. The molecule has 2 N–H and O–H groups in total. The summed E-state index contributed by atoms with van der Waals surface area (Å²) < 4.78 is 0. The van der Waals surface area contributed by atoms with Gasteiger partial charge in [-0.2, -0.15) is 0 Å². The highest BCUT2D eigenvalue weighted by atomic mass is 32.1. The normalized spacial score (nSPS) is 12.6. The largest absolute Gasteiger partial charge is 0.323 e. The van der Waals surface area contributed by atoms with Crippen LogP contribution in [0, 0.1) is 0 Å². The molecule has 2 aromatic rings. The molecule has 0 bridgehead atoms. The summed E-state index contributed by atoms with van der Waals surface area (Å²) in [5.74, 6) is 0. The second-order valence-corrected chi connectivity index (χ2v) is 4.74. The molecule has 0 radical (unpaired) electrons. The van der Waals surface area contributed by atoms with Crippen molar-refractivity contribution < 1.29 is 0 Å². The van der Waals surface area contributed by atoms with Crippen LogP contribution < -0.4 is 5.73 Å². The van der Waals surface area contributed by atoms with E-state index in [0.717, 1.165) is 25.0 Å². The topological polar surface area (TPSA) is 51.8 Å². The van der Waals surface area contributed by atoms with Gasteiger partial charge in [0.05, 0.1) is 5.69 Å². The van der Waals surface area contributed by atoms with Crippen molar-refractivity contribution >= 4 is 11.3 Å². The first-order valence-corrected chi connectivity index (χ1v) is 6.28. The van der Waals surface area contributed by atoms with Gasteiger partial charge in [-0.1, -0.05) is 6.07 Å². The third-order valence-corrected chi connectivity index (χ3v) is 3.42. The minimum Gasteiger partial charge on any atom is -0.323 e. The lowest BCUT2D eigenvalue weighted by atomic mass is 10.1. The van der Waals surface area contributed by atoms with E-state index in [1.54, 1.807) is 29.9 Å². The Bertz CT molecular complexity index is 399. The summed E-state index contributed by atoms with van der Waals surface area (Å²) in [5, 5.41) is 2.11. The predicted molar refractivity (Wildman–Crippen MR) is 66.2 cm³/mol. The number of hydrogen-bond donors (Lipinski definition) is 1. The Morgan fingerprint density at radius 2 is 2.31 bits per heavy atom. The average molecular weight is 233 g/mol. The molecule has 1 unspecified atom stereocenters. The van der Waals surface area contributed by atoms with Crippen LogP contribution in [-0.2, 0) is 6.42 Å². The lowest BCUT2D eigenvalue weighted by Crippen LogP contribution is -2.12. The number of aryl methyl sites for hydroxylation is 1. The summed E-state index contributed by atoms with van der Waals surface area (Å²) in [6.45, 7) is 0. The quantitative estimate of drug-likeness (QED) is 0.863. The highest BCUT2D eigenvalue weighted by Gasteiger charge is 2.06. The fourth-order valence-corrected chi connectivity index (χ4v) is 2.35. The summed E-state index contributed by atoms with van der Waals surface area (Å²) in [6, 6.07) is 4.26. The third kappa shape index (κ3) is 3.12. The van der Waals surface area contributed by atoms with E-state index in [-0.39, 0.29) is 6.04 Å². The van der Waals surface area contributed by atoms with Gasteiger partial charge < -0.3 is 5.73 Å².